The lowest BCUT2D eigenvalue weighted by atomic mass is 10.1. The zero-order valence-electron chi connectivity index (χ0n) is 14.4. The van der Waals surface area contributed by atoms with Crippen molar-refractivity contribution in [1.82, 2.24) is 9.36 Å². The normalized spacial score (nSPS) is 11.5. The molecular formula is C18H19N3O4S. The third-order valence-corrected chi connectivity index (χ3v) is 4.71. The smallest absolute Gasteiger partial charge is 0.295 e. The van der Waals surface area contributed by atoms with Gasteiger partial charge in [-0.2, -0.15) is 8.42 Å². The van der Waals surface area contributed by atoms with Crippen LogP contribution in [0, 0.1) is 6.92 Å². The van der Waals surface area contributed by atoms with E-state index in [0.29, 0.717) is 11.4 Å². The molecule has 0 fully saturated rings. The molecule has 3 aromatic rings. The number of hydrogen-bond acceptors (Lipinski definition) is 4. The molecule has 2 N–H and O–H groups in total. The quantitative estimate of drug-likeness (QED) is 0.670. The zero-order chi connectivity index (χ0) is 18.9. The summed E-state index contributed by atoms with van der Waals surface area (Å²) in [5.41, 5.74) is 3.06. The summed E-state index contributed by atoms with van der Waals surface area (Å²) in [7, 11) is -2.52. The third-order valence-electron chi connectivity index (χ3n) is 4.20. The maximum atomic E-state index is 12.7. The summed E-state index contributed by atoms with van der Waals surface area (Å²) in [5, 5.41) is 2.50. The van der Waals surface area contributed by atoms with Crippen LogP contribution in [0.25, 0.3) is 16.8 Å². The molecule has 0 atom stereocenters. The molecule has 0 amide bonds. The zero-order valence-corrected chi connectivity index (χ0v) is 15.2. The third kappa shape index (κ3) is 3.56. The van der Waals surface area contributed by atoms with E-state index in [4.69, 9.17) is 4.55 Å². The van der Waals surface area contributed by atoms with Gasteiger partial charge in [-0.3, -0.25) is 14.0 Å². The van der Waals surface area contributed by atoms with Gasteiger partial charge in [-0.05, 0) is 30.2 Å². The average Bonchev–Trinajstić information content (AvgIpc) is 2.83. The first kappa shape index (κ1) is 18.0. The summed E-state index contributed by atoms with van der Waals surface area (Å²) in [6.07, 6.45) is 0. The van der Waals surface area contributed by atoms with Crippen molar-refractivity contribution in [3.63, 3.8) is 0 Å². The molecule has 1 heterocycles. The minimum Gasteiger partial charge on any atom is -0.364 e. The number of nitrogens with zero attached hydrogens (tertiary/aromatic N) is 2. The Morgan fingerprint density at radius 3 is 2.15 bits per heavy atom. The lowest BCUT2D eigenvalue weighted by Crippen LogP contribution is -2.22. The second kappa shape index (κ2) is 6.81. The summed E-state index contributed by atoms with van der Waals surface area (Å²) in [6, 6.07) is 17.4. The molecule has 8 heteroatoms. The van der Waals surface area contributed by atoms with Crippen molar-refractivity contribution >= 4 is 15.8 Å². The van der Waals surface area contributed by atoms with Gasteiger partial charge in [0, 0.05) is 7.05 Å². The van der Waals surface area contributed by atoms with Gasteiger partial charge in [-0.15, -0.1) is 0 Å². The summed E-state index contributed by atoms with van der Waals surface area (Å²) in [4.78, 5) is 12.7. The Hall–Kier alpha value is -2.84. The Labute approximate surface area is 151 Å². The molecule has 0 spiro atoms. The van der Waals surface area contributed by atoms with Crippen molar-refractivity contribution in [3.05, 3.63) is 70.6 Å². The standard InChI is InChI=1S/C18H19N3O4S/c1-13-17(19-12-26(23,24)25)18(22)21(20(13)2)16-10-8-15(9-11-16)14-6-4-3-5-7-14/h3-11,19H,12H2,1-2H3,(H,23,24,25). The molecule has 136 valence electrons. The van der Waals surface area contributed by atoms with E-state index in [2.05, 4.69) is 5.32 Å². The summed E-state index contributed by atoms with van der Waals surface area (Å²) in [6.45, 7) is 1.70. The summed E-state index contributed by atoms with van der Waals surface area (Å²) >= 11 is 0. The van der Waals surface area contributed by atoms with Crippen LogP contribution in [0.3, 0.4) is 0 Å². The van der Waals surface area contributed by atoms with E-state index in [9.17, 15) is 13.2 Å². The number of hydrogen-bond donors (Lipinski definition) is 2. The van der Waals surface area contributed by atoms with Gasteiger partial charge in [-0.25, -0.2) is 4.68 Å². The van der Waals surface area contributed by atoms with Crippen LogP contribution < -0.4 is 10.9 Å². The number of benzene rings is 2. The molecule has 0 saturated carbocycles. The van der Waals surface area contributed by atoms with Crippen LogP contribution in [0.4, 0.5) is 5.69 Å². The van der Waals surface area contributed by atoms with Crippen molar-refractivity contribution in [2.45, 2.75) is 6.92 Å². The molecule has 7 nitrogen and oxygen atoms in total. The first-order valence-electron chi connectivity index (χ1n) is 7.91. The minimum absolute atomic E-state index is 0.136. The van der Waals surface area contributed by atoms with E-state index in [1.54, 1.807) is 18.7 Å². The molecule has 0 unspecified atom stereocenters. The van der Waals surface area contributed by atoms with E-state index >= 15 is 0 Å². The Morgan fingerprint density at radius 1 is 1.00 bits per heavy atom. The van der Waals surface area contributed by atoms with Gasteiger partial charge < -0.3 is 5.32 Å². The maximum absolute atomic E-state index is 12.7. The molecule has 3 rings (SSSR count). The molecule has 0 aliphatic carbocycles. The van der Waals surface area contributed by atoms with E-state index in [1.807, 2.05) is 54.6 Å². The minimum atomic E-state index is -4.23. The van der Waals surface area contributed by atoms with Crippen LogP contribution in [0.2, 0.25) is 0 Å². The van der Waals surface area contributed by atoms with Gasteiger partial charge in [0.05, 0.1) is 11.4 Å². The Balaban J connectivity index is 1.98. The van der Waals surface area contributed by atoms with Gasteiger partial charge in [0.25, 0.3) is 15.7 Å². The molecule has 0 bridgehead atoms. The van der Waals surface area contributed by atoms with Crippen LogP contribution in [0.15, 0.2) is 59.4 Å². The molecular weight excluding hydrogens is 354 g/mol. The van der Waals surface area contributed by atoms with E-state index in [-0.39, 0.29) is 11.2 Å². The Kier molecular flexibility index (Phi) is 4.71. The predicted octanol–water partition coefficient (Wildman–Crippen LogP) is 2.41. The molecule has 2 aromatic carbocycles. The summed E-state index contributed by atoms with van der Waals surface area (Å²) < 4.78 is 33.8. The largest absolute Gasteiger partial charge is 0.364 e. The predicted molar refractivity (Wildman–Crippen MR) is 101 cm³/mol. The van der Waals surface area contributed by atoms with Crippen molar-refractivity contribution in [3.8, 4) is 16.8 Å². The van der Waals surface area contributed by atoms with Gasteiger partial charge in [-0.1, -0.05) is 42.5 Å². The summed E-state index contributed by atoms with van der Waals surface area (Å²) in [5.74, 6) is -0.722. The fourth-order valence-electron chi connectivity index (χ4n) is 2.79. The van der Waals surface area contributed by atoms with Crippen LogP contribution in [-0.2, 0) is 17.2 Å². The van der Waals surface area contributed by atoms with E-state index < -0.39 is 16.0 Å². The monoisotopic (exact) mass is 373 g/mol. The fraction of sp³-hybridized carbons (Fsp3) is 0.167. The van der Waals surface area contributed by atoms with Gasteiger partial charge in [0.1, 0.15) is 11.6 Å². The molecule has 0 saturated heterocycles. The highest BCUT2D eigenvalue weighted by Crippen LogP contribution is 2.21. The van der Waals surface area contributed by atoms with Crippen LogP contribution in [0.1, 0.15) is 5.69 Å². The highest BCUT2D eigenvalue weighted by atomic mass is 32.2. The maximum Gasteiger partial charge on any atom is 0.295 e. The second-order valence-corrected chi connectivity index (χ2v) is 7.37. The Bertz CT molecular complexity index is 1080. The molecule has 0 aliphatic rings. The lowest BCUT2D eigenvalue weighted by molar-refractivity contribution is 0.485. The number of rotatable bonds is 5. The SMILES string of the molecule is Cc1c(NCS(=O)(=O)O)c(=O)n(-c2ccc(-c3ccccc3)cc2)n1C. The topological polar surface area (TPSA) is 93.3 Å². The van der Waals surface area contributed by atoms with Crippen LogP contribution >= 0.6 is 0 Å². The Morgan fingerprint density at radius 2 is 1.58 bits per heavy atom. The highest BCUT2D eigenvalue weighted by molar-refractivity contribution is 7.85. The molecule has 0 aliphatic heterocycles. The fourth-order valence-corrected chi connectivity index (χ4v) is 3.12. The number of aromatic nitrogens is 2. The van der Waals surface area contributed by atoms with E-state index in [1.165, 1.54) is 4.68 Å². The molecule has 26 heavy (non-hydrogen) atoms. The van der Waals surface area contributed by atoms with Crippen molar-refractivity contribution in [2.24, 2.45) is 7.05 Å². The van der Waals surface area contributed by atoms with Gasteiger partial charge in [0.15, 0.2) is 0 Å². The molecule has 0 radical (unpaired) electrons. The van der Waals surface area contributed by atoms with Gasteiger partial charge in [0.2, 0.25) is 0 Å². The van der Waals surface area contributed by atoms with Crippen molar-refractivity contribution < 1.29 is 13.0 Å². The van der Waals surface area contributed by atoms with Crippen LogP contribution in [-0.4, -0.2) is 28.2 Å². The van der Waals surface area contributed by atoms with Gasteiger partial charge >= 0.3 is 0 Å². The number of anilines is 1. The highest BCUT2D eigenvalue weighted by Gasteiger charge is 2.17. The first-order chi connectivity index (χ1) is 12.3. The van der Waals surface area contributed by atoms with Crippen LogP contribution in [0.5, 0.6) is 0 Å². The van der Waals surface area contributed by atoms with E-state index in [0.717, 1.165) is 11.1 Å². The lowest BCUT2D eigenvalue weighted by Gasteiger charge is -2.09. The van der Waals surface area contributed by atoms with Crippen molar-refractivity contribution in [2.75, 3.05) is 11.2 Å². The number of nitrogens with one attached hydrogen (secondary N) is 1. The second-order valence-electron chi connectivity index (χ2n) is 5.92. The van der Waals surface area contributed by atoms with Crippen molar-refractivity contribution in [1.29, 1.82) is 0 Å². The first-order valence-corrected chi connectivity index (χ1v) is 9.52. The molecule has 1 aromatic heterocycles. The average molecular weight is 373 g/mol.